The van der Waals surface area contributed by atoms with Crippen molar-refractivity contribution >= 4 is 22.7 Å². The Bertz CT molecular complexity index is 305. The average Bonchev–Trinajstić information content (AvgIpc) is 2.07. The molecule has 0 aromatic heterocycles. The van der Waals surface area contributed by atoms with Gasteiger partial charge in [0.2, 0.25) is 0 Å². The maximum absolute atomic E-state index is 5.76. The normalized spacial score (nSPS) is 9.08. The highest BCUT2D eigenvalue weighted by Crippen LogP contribution is 2.19. The summed E-state index contributed by atoms with van der Waals surface area (Å²) in [6.07, 6.45) is 2.84. The summed E-state index contributed by atoms with van der Waals surface area (Å²) in [5, 5.41) is 0. The van der Waals surface area contributed by atoms with Crippen LogP contribution in [0.4, 0.5) is 5.69 Å². The van der Waals surface area contributed by atoms with Gasteiger partial charge in [-0.25, -0.2) is 0 Å². The van der Waals surface area contributed by atoms with Gasteiger partial charge in [0.1, 0.15) is 0 Å². The summed E-state index contributed by atoms with van der Waals surface area (Å²) >= 11 is 0. The van der Waals surface area contributed by atoms with E-state index in [0.717, 1.165) is 12.1 Å². The molecule has 2 N–H and O–H groups in total. The van der Waals surface area contributed by atoms with Crippen LogP contribution in [-0.2, 0) is 6.42 Å². The van der Waals surface area contributed by atoms with Gasteiger partial charge in [0, 0.05) is 5.69 Å². The molecule has 0 heterocycles. The van der Waals surface area contributed by atoms with Crippen LogP contribution in [0.5, 0.6) is 0 Å². The molecular weight excluding hydrogens is 226 g/mol. The van der Waals surface area contributed by atoms with E-state index in [9.17, 15) is 0 Å². The Morgan fingerprint density at radius 1 is 1.31 bits per heavy atom. The zero-order valence-corrected chi connectivity index (χ0v) is 9.84. The van der Waals surface area contributed by atoms with E-state index in [2.05, 4.69) is 26.5 Å². The third-order valence-electron chi connectivity index (χ3n) is 2.31. The smallest absolute Gasteiger partial charge is 0.0346 e. The van der Waals surface area contributed by atoms with Crippen molar-refractivity contribution in [3.63, 3.8) is 0 Å². The van der Waals surface area contributed by atoms with Gasteiger partial charge in [-0.15, -0.1) is 23.6 Å². The van der Waals surface area contributed by atoms with E-state index in [-0.39, 0.29) is 17.0 Å². The molecule has 2 heteroatoms. The zero-order valence-electron chi connectivity index (χ0n) is 8.13. The van der Waals surface area contributed by atoms with Crippen molar-refractivity contribution in [3.05, 3.63) is 41.5 Å². The van der Waals surface area contributed by atoms with Gasteiger partial charge in [-0.05, 0) is 43.0 Å². The maximum atomic E-state index is 5.76. The number of allylic oxidation sites excluding steroid dienone is 1. The van der Waals surface area contributed by atoms with Crippen molar-refractivity contribution in [1.29, 1.82) is 0 Å². The maximum Gasteiger partial charge on any atom is 0.0346 e. The summed E-state index contributed by atoms with van der Waals surface area (Å²) in [4.78, 5) is 0. The molecule has 1 aromatic rings. The summed E-state index contributed by atoms with van der Waals surface area (Å²) in [6.45, 7) is 7.87. The summed E-state index contributed by atoms with van der Waals surface area (Å²) in [5.41, 5.74) is 10.4. The fraction of sp³-hybridized carbons (Fsp3) is 0.273. The predicted molar refractivity (Wildman–Crippen MR) is 64.6 cm³/mol. The number of benzene rings is 1. The second kappa shape index (κ2) is 5.07. The fourth-order valence-electron chi connectivity index (χ4n) is 1.27. The van der Waals surface area contributed by atoms with Gasteiger partial charge in [0.15, 0.2) is 0 Å². The molecule has 0 fully saturated rings. The van der Waals surface area contributed by atoms with Gasteiger partial charge in [-0.3, -0.25) is 0 Å². The third kappa shape index (κ3) is 2.59. The van der Waals surface area contributed by atoms with Crippen LogP contribution in [-0.4, -0.2) is 0 Å². The Labute approximate surface area is 90.4 Å². The van der Waals surface area contributed by atoms with Crippen molar-refractivity contribution in [3.8, 4) is 0 Å². The standard InChI is InChI=1S/C11H15N.BrH/c1-4-5-10-6-7-11(12)9(3)8(10)2;/h4,6-7H,1,5,12H2,2-3H3;1H. The highest BCUT2D eigenvalue weighted by Gasteiger charge is 2.01. The van der Waals surface area contributed by atoms with Crippen LogP contribution in [0.15, 0.2) is 24.8 Å². The van der Waals surface area contributed by atoms with Crippen LogP contribution in [0, 0.1) is 13.8 Å². The number of rotatable bonds is 2. The SMILES string of the molecule is Br.C=CCc1ccc(N)c(C)c1C. The van der Waals surface area contributed by atoms with E-state index in [4.69, 9.17) is 5.73 Å². The molecule has 0 saturated heterocycles. The number of hydrogen-bond acceptors (Lipinski definition) is 1. The lowest BCUT2D eigenvalue weighted by Crippen LogP contribution is -1.96. The number of halogens is 1. The van der Waals surface area contributed by atoms with Crippen LogP contribution in [0.25, 0.3) is 0 Å². The average molecular weight is 242 g/mol. The first kappa shape index (κ1) is 12.2. The minimum atomic E-state index is 0. The van der Waals surface area contributed by atoms with Crippen molar-refractivity contribution in [1.82, 2.24) is 0 Å². The third-order valence-corrected chi connectivity index (χ3v) is 2.31. The minimum Gasteiger partial charge on any atom is -0.399 e. The summed E-state index contributed by atoms with van der Waals surface area (Å²) < 4.78 is 0. The summed E-state index contributed by atoms with van der Waals surface area (Å²) in [6, 6.07) is 4.03. The van der Waals surface area contributed by atoms with E-state index in [1.165, 1.54) is 16.7 Å². The fourth-order valence-corrected chi connectivity index (χ4v) is 1.27. The number of nitrogens with two attached hydrogens (primary N) is 1. The molecule has 0 bridgehead atoms. The Morgan fingerprint density at radius 3 is 2.46 bits per heavy atom. The van der Waals surface area contributed by atoms with Crippen molar-refractivity contribution in [2.75, 3.05) is 5.73 Å². The number of hydrogen-bond donors (Lipinski definition) is 1. The molecule has 72 valence electrons. The lowest BCUT2D eigenvalue weighted by Gasteiger charge is -2.08. The van der Waals surface area contributed by atoms with Crippen LogP contribution in [0.3, 0.4) is 0 Å². The molecule has 1 rings (SSSR count). The minimum absolute atomic E-state index is 0. The largest absolute Gasteiger partial charge is 0.399 e. The topological polar surface area (TPSA) is 26.0 Å². The Morgan fingerprint density at radius 2 is 1.92 bits per heavy atom. The first-order chi connectivity index (χ1) is 5.66. The van der Waals surface area contributed by atoms with Crippen molar-refractivity contribution < 1.29 is 0 Å². The van der Waals surface area contributed by atoms with Crippen molar-refractivity contribution in [2.24, 2.45) is 0 Å². The van der Waals surface area contributed by atoms with Gasteiger partial charge < -0.3 is 5.73 Å². The Balaban J connectivity index is 0.00000144. The highest BCUT2D eigenvalue weighted by molar-refractivity contribution is 8.93. The van der Waals surface area contributed by atoms with Crippen LogP contribution < -0.4 is 5.73 Å². The van der Waals surface area contributed by atoms with E-state index in [1.807, 2.05) is 12.1 Å². The van der Waals surface area contributed by atoms with Gasteiger partial charge in [-0.1, -0.05) is 12.1 Å². The number of nitrogen functional groups attached to an aromatic ring is 1. The Kier molecular flexibility index (Phi) is 4.78. The molecule has 0 amide bonds. The van der Waals surface area contributed by atoms with Crippen LogP contribution >= 0.6 is 17.0 Å². The molecule has 0 unspecified atom stereocenters. The summed E-state index contributed by atoms with van der Waals surface area (Å²) in [5.74, 6) is 0. The zero-order chi connectivity index (χ0) is 9.14. The van der Waals surface area contributed by atoms with E-state index in [0.29, 0.717) is 0 Å². The first-order valence-corrected chi connectivity index (χ1v) is 4.12. The molecule has 0 saturated carbocycles. The molecule has 0 aliphatic rings. The molecule has 13 heavy (non-hydrogen) atoms. The monoisotopic (exact) mass is 241 g/mol. The molecule has 0 aliphatic carbocycles. The van der Waals surface area contributed by atoms with Crippen LogP contribution in [0.2, 0.25) is 0 Å². The van der Waals surface area contributed by atoms with Crippen LogP contribution in [0.1, 0.15) is 16.7 Å². The molecule has 1 aromatic carbocycles. The van der Waals surface area contributed by atoms with E-state index >= 15 is 0 Å². The lowest BCUT2D eigenvalue weighted by atomic mass is 10.00. The molecule has 0 spiro atoms. The molecule has 0 atom stereocenters. The van der Waals surface area contributed by atoms with Gasteiger partial charge in [0.25, 0.3) is 0 Å². The van der Waals surface area contributed by atoms with Gasteiger partial charge >= 0.3 is 0 Å². The molecule has 0 radical (unpaired) electrons. The molecule has 0 aliphatic heterocycles. The first-order valence-electron chi connectivity index (χ1n) is 4.12. The predicted octanol–water partition coefficient (Wildman–Crippen LogP) is 3.19. The second-order valence-corrected chi connectivity index (χ2v) is 3.06. The lowest BCUT2D eigenvalue weighted by molar-refractivity contribution is 1.19. The van der Waals surface area contributed by atoms with Gasteiger partial charge in [0.05, 0.1) is 0 Å². The number of anilines is 1. The van der Waals surface area contributed by atoms with E-state index in [1.54, 1.807) is 0 Å². The van der Waals surface area contributed by atoms with Crippen molar-refractivity contribution in [2.45, 2.75) is 20.3 Å². The highest BCUT2D eigenvalue weighted by atomic mass is 79.9. The Hall–Kier alpha value is -0.760. The van der Waals surface area contributed by atoms with Gasteiger partial charge in [-0.2, -0.15) is 0 Å². The van der Waals surface area contributed by atoms with E-state index < -0.39 is 0 Å². The molecular formula is C11H16BrN. The molecule has 1 nitrogen and oxygen atoms in total. The quantitative estimate of drug-likeness (QED) is 0.625. The second-order valence-electron chi connectivity index (χ2n) is 3.06. The summed E-state index contributed by atoms with van der Waals surface area (Å²) in [7, 11) is 0.